The van der Waals surface area contributed by atoms with Crippen LogP contribution >= 0.6 is 0 Å². The van der Waals surface area contributed by atoms with Crippen LogP contribution in [0.1, 0.15) is 40.5 Å². The largest absolute Gasteiger partial charge is 0.481 e. The first-order valence-electron chi connectivity index (χ1n) is 5.92. The number of carboxylic acid groups (broad SMARTS) is 1. The molecule has 1 fully saturated rings. The fourth-order valence-electron chi connectivity index (χ4n) is 1.22. The Labute approximate surface area is 108 Å². The van der Waals surface area contributed by atoms with Crippen LogP contribution in [-0.4, -0.2) is 47.6 Å². The Balaban J connectivity index is 0. The number of hydrogen-bond donors (Lipinski definition) is 2. The Kier molecular flexibility index (Phi) is 13.1. The lowest BCUT2D eigenvalue weighted by atomic mass is 10.2. The van der Waals surface area contributed by atoms with Crippen LogP contribution in [0.2, 0.25) is 0 Å². The molecule has 0 bridgehead atoms. The molecule has 0 radical (unpaired) electrons. The first kappa shape index (κ1) is 19.2. The lowest BCUT2D eigenvalue weighted by molar-refractivity contribution is -0.144. The number of carboxylic acids is 1. The Morgan fingerprint density at radius 2 is 1.78 bits per heavy atom. The molecule has 108 valence electrons. The molecule has 0 spiro atoms. The zero-order valence-corrected chi connectivity index (χ0v) is 11.5. The van der Waals surface area contributed by atoms with Crippen molar-refractivity contribution in [1.29, 1.82) is 0 Å². The maximum atomic E-state index is 10.4. The third kappa shape index (κ3) is 17.3. The van der Waals surface area contributed by atoms with E-state index in [-0.39, 0.29) is 18.7 Å². The molecule has 0 aromatic heterocycles. The van der Waals surface area contributed by atoms with Crippen molar-refractivity contribution < 1.29 is 29.3 Å². The van der Waals surface area contributed by atoms with Crippen molar-refractivity contribution in [1.82, 2.24) is 0 Å². The molecule has 0 aliphatic carbocycles. The van der Waals surface area contributed by atoms with Crippen molar-refractivity contribution >= 4 is 11.9 Å². The number of ether oxygens (including phenoxy) is 2. The van der Waals surface area contributed by atoms with Crippen LogP contribution in [0.4, 0.5) is 0 Å². The number of esters is 1. The Morgan fingerprint density at radius 1 is 1.33 bits per heavy atom. The van der Waals surface area contributed by atoms with Gasteiger partial charge in [0.05, 0.1) is 12.2 Å². The molecular formula is C12H24O6. The van der Waals surface area contributed by atoms with Crippen molar-refractivity contribution in [3.8, 4) is 0 Å². The van der Waals surface area contributed by atoms with Crippen LogP contribution in [0.25, 0.3) is 0 Å². The fraction of sp³-hybridized carbons (Fsp3) is 0.833. The second-order valence-electron chi connectivity index (χ2n) is 3.78. The average molecular weight is 264 g/mol. The third-order valence-electron chi connectivity index (χ3n) is 1.79. The predicted molar refractivity (Wildman–Crippen MR) is 66.3 cm³/mol. The van der Waals surface area contributed by atoms with E-state index in [4.69, 9.17) is 24.5 Å². The molecule has 1 aliphatic rings. The summed E-state index contributed by atoms with van der Waals surface area (Å²) in [5.41, 5.74) is 0. The Hall–Kier alpha value is -1.14. The summed E-state index contributed by atoms with van der Waals surface area (Å²) in [5.74, 6) is -1.06. The van der Waals surface area contributed by atoms with Crippen LogP contribution in [0.3, 0.4) is 0 Å². The Bertz CT molecular complexity index is 225. The summed E-state index contributed by atoms with van der Waals surface area (Å²) in [5, 5.41) is 15.0. The van der Waals surface area contributed by atoms with Gasteiger partial charge in [-0.1, -0.05) is 0 Å². The molecule has 2 atom stereocenters. The summed E-state index contributed by atoms with van der Waals surface area (Å²) >= 11 is 0. The summed E-state index contributed by atoms with van der Waals surface area (Å²) in [4.78, 5) is 19.4. The molecule has 2 N–H and O–H groups in total. The van der Waals surface area contributed by atoms with Crippen LogP contribution in [0.5, 0.6) is 0 Å². The summed E-state index contributed by atoms with van der Waals surface area (Å²) in [6.45, 7) is 6.88. The summed E-state index contributed by atoms with van der Waals surface area (Å²) in [6, 6.07) is 0. The molecular weight excluding hydrogens is 240 g/mol. The number of carbonyl (C=O) groups excluding carboxylic acids is 1. The first-order chi connectivity index (χ1) is 8.33. The van der Waals surface area contributed by atoms with E-state index in [2.05, 4.69) is 0 Å². The number of hydrogen-bond acceptors (Lipinski definition) is 5. The standard InChI is InChI=1S/C8H14O3.C2H4O2.C2H6O/c1-6-3-4-8(11-6)5-10-7(2)9;1-2(3)4;1-2-3/h6,8H,3-5H2,1-2H3;1H3,(H,3,4);3H,2H2,1H3/t6?,8-;;/m0../s1. The van der Waals surface area contributed by atoms with Crippen LogP contribution in [-0.2, 0) is 19.1 Å². The fourth-order valence-corrected chi connectivity index (χ4v) is 1.22. The molecule has 0 aromatic rings. The minimum Gasteiger partial charge on any atom is -0.481 e. The smallest absolute Gasteiger partial charge is 0.302 e. The second-order valence-corrected chi connectivity index (χ2v) is 3.78. The van der Waals surface area contributed by atoms with Crippen molar-refractivity contribution in [2.24, 2.45) is 0 Å². The molecule has 6 heteroatoms. The zero-order valence-electron chi connectivity index (χ0n) is 11.5. The van der Waals surface area contributed by atoms with E-state index in [1.165, 1.54) is 6.92 Å². The summed E-state index contributed by atoms with van der Waals surface area (Å²) < 4.78 is 10.2. The third-order valence-corrected chi connectivity index (χ3v) is 1.79. The van der Waals surface area contributed by atoms with Gasteiger partial charge in [-0.3, -0.25) is 9.59 Å². The van der Waals surface area contributed by atoms with Gasteiger partial charge in [0.2, 0.25) is 0 Å². The number of carbonyl (C=O) groups is 2. The quantitative estimate of drug-likeness (QED) is 0.728. The average Bonchev–Trinajstić information content (AvgIpc) is 2.61. The van der Waals surface area contributed by atoms with Gasteiger partial charge in [-0.05, 0) is 26.7 Å². The SMILES string of the molecule is CC(=O)O.CC(=O)OC[C@@H]1CCC(C)O1.CCO. The molecule has 0 amide bonds. The van der Waals surface area contributed by atoms with Gasteiger partial charge in [-0.15, -0.1) is 0 Å². The van der Waals surface area contributed by atoms with Crippen LogP contribution in [0, 0.1) is 0 Å². The maximum absolute atomic E-state index is 10.4. The lowest BCUT2D eigenvalue weighted by Crippen LogP contribution is -2.17. The van der Waals surface area contributed by atoms with E-state index in [0.717, 1.165) is 19.8 Å². The number of rotatable bonds is 2. The zero-order chi connectivity index (χ0) is 14.6. The monoisotopic (exact) mass is 264 g/mol. The minimum absolute atomic E-state index is 0.133. The minimum atomic E-state index is -0.833. The van der Waals surface area contributed by atoms with Gasteiger partial charge in [0, 0.05) is 20.5 Å². The van der Waals surface area contributed by atoms with E-state index >= 15 is 0 Å². The number of aliphatic carboxylic acids is 1. The highest BCUT2D eigenvalue weighted by atomic mass is 16.6. The molecule has 1 rings (SSSR count). The van der Waals surface area contributed by atoms with E-state index in [0.29, 0.717) is 12.7 Å². The van der Waals surface area contributed by atoms with Crippen molar-refractivity contribution in [2.75, 3.05) is 13.2 Å². The molecule has 0 aromatic carbocycles. The van der Waals surface area contributed by atoms with Gasteiger partial charge in [0.15, 0.2) is 0 Å². The molecule has 1 aliphatic heterocycles. The van der Waals surface area contributed by atoms with Gasteiger partial charge >= 0.3 is 5.97 Å². The van der Waals surface area contributed by atoms with E-state index in [1.54, 1.807) is 6.92 Å². The molecule has 18 heavy (non-hydrogen) atoms. The highest BCUT2D eigenvalue weighted by molar-refractivity contribution is 5.65. The Morgan fingerprint density at radius 3 is 2.06 bits per heavy atom. The van der Waals surface area contributed by atoms with E-state index < -0.39 is 5.97 Å². The van der Waals surface area contributed by atoms with Gasteiger partial charge in [-0.25, -0.2) is 0 Å². The van der Waals surface area contributed by atoms with Gasteiger partial charge < -0.3 is 19.7 Å². The highest BCUT2D eigenvalue weighted by Gasteiger charge is 2.22. The van der Waals surface area contributed by atoms with Crippen LogP contribution in [0.15, 0.2) is 0 Å². The molecule has 1 heterocycles. The van der Waals surface area contributed by atoms with E-state index in [9.17, 15) is 4.79 Å². The predicted octanol–water partition coefficient (Wildman–Crippen LogP) is 1.21. The van der Waals surface area contributed by atoms with Crippen LogP contribution < -0.4 is 0 Å². The molecule has 1 saturated heterocycles. The van der Waals surface area contributed by atoms with E-state index in [1.807, 2.05) is 6.92 Å². The molecule has 1 unspecified atom stereocenters. The van der Waals surface area contributed by atoms with Gasteiger partial charge in [0.25, 0.3) is 5.97 Å². The normalized spacial score (nSPS) is 20.9. The van der Waals surface area contributed by atoms with Crippen molar-refractivity contribution in [2.45, 2.75) is 52.7 Å². The summed E-state index contributed by atoms with van der Waals surface area (Å²) in [6.07, 6.45) is 2.55. The van der Waals surface area contributed by atoms with Crippen molar-refractivity contribution in [3.05, 3.63) is 0 Å². The van der Waals surface area contributed by atoms with Gasteiger partial charge in [-0.2, -0.15) is 0 Å². The van der Waals surface area contributed by atoms with Gasteiger partial charge in [0.1, 0.15) is 6.61 Å². The van der Waals surface area contributed by atoms with Crippen molar-refractivity contribution in [3.63, 3.8) is 0 Å². The number of aliphatic hydroxyl groups excluding tert-OH is 1. The molecule has 0 saturated carbocycles. The summed E-state index contributed by atoms with van der Waals surface area (Å²) in [7, 11) is 0. The highest BCUT2D eigenvalue weighted by Crippen LogP contribution is 2.18. The second kappa shape index (κ2) is 12.3. The topological polar surface area (TPSA) is 93.1 Å². The lowest BCUT2D eigenvalue weighted by Gasteiger charge is -2.09. The first-order valence-corrected chi connectivity index (χ1v) is 5.92. The molecule has 6 nitrogen and oxygen atoms in total. The number of aliphatic hydroxyl groups is 1. The maximum Gasteiger partial charge on any atom is 0.302 e.